The van der Waals surface area contributed by atoms with E-state index < -0.39 is 58.5 Å². The molecule has 0 aliphatic heterocycles. The first-order valence-corrected chi connectivity index (χ1v) is 12.1. The van der Waals surface area contributed by atoms with Gasteiger partial charge in [-0.25, -0.2) is 9.18 Å². The molecule has 0 aromatic heterocycles. The molecule has 35 heavy (non-hydrogen) atoms. The average molecular weight is 649 g/mol. The Morgan fingerprint density at radius 1 is 0.829 bits per heavy atom. The molecule has 16 heteroatoms. The van der Waals surface area contributed by atoms with Gasteiger partial charge in [0.05, 0.1) is 29.5 Å². The molecule has 0 aliphatic rings. The zero-order valence-corrected chi connectivity index (χ0v) is 19.7. The van der Waals surface area contributed by atoms with E-state index >= 15 is 0 Å². The van der Waals surface area contributed by atoms with Crippen molar-refractivity contribution in [3.8, 4) is 0 Å². The van der Waals surface area contributed by atoms with Gasteiger partial charge >= 0.3 is 30.2 Å². The van der Waals surface area contributed by atoms with Gasteiger partial charge in [-0.05, 0) is 30.3 Å². The molecule has 0 radical (unpaired) electrons. The number of amides is 1. The van der Waals surface area contributed by atoms with Crippen molar-refractivity contribution < 1.29 is 58.2 Å². The second-order valence-corrected chi connectivity index (χ2v) is 8.56. The molecule has 0 unspecified atom stereocenters. The van der Waals surface area contributed by atoms with E-state index in [0.29, 0.717) is 27.1 Å². The van der Waals surface area contributed by atoms with Crippen LogP contribution in [0.1, 0.15) is 31.8 Å². The van der Waals surface area contributed by atoms with Crippen LogP contribution in [0.5, 0.6) is 0 Å². The third kappa shape index (κ3) is 5.78. The molecule has 0 saturated heterocycles. The first-order valence-electron chi connectivity index (χ1n) is 8.74. The lowest BCUT2D eigenvalue weighted by Crippen LogP contribution is -2.50. The molecule has 2 aromatic rings. The van der Waals surface area contributed by atoms with Crippen molar-refractivity contribution in [2.75, 3.05) is 12.4 Å². The second kappa shape index (κ2) is 10.0. The van der Waals surface area contributed by atoms with Crippen LogP contribution in [0.15, 0.2) is 41.3 Å². The smallest absolute Gasteiger partial charge is 0.435 e. The fourth-order valence-corrected chi connectivity index (χ4v) is 4.28. The van der Waals surface area contributed by atoms with Crippen molar-refractivity contribution >= 4 is 47.7 Å². The zero-order valence-electron chi connectivity index (χ0n) is 16.8. The third-order valence-corrected chi connectivity index (χ3v) is 6.42. The summed E-state index contributed by atoms with van der Waals surface area (Å²) < 4.78 is 136. The molecule has 0 aliphatic carbocycles. The van der Waals surface area contributed by atoms with E-state index in [1.165, 1.54) is 0 Å². The predicted molar refractivity (Wildman–Crippen MR) is 112 cm³/mol. The Labute approximate surface area is 206 Å². The lowest BCUT2D eigenvalue weighted by Gasteiger charge is -2.30. The lowest BCUT2D eigenvalue weighted by molar-refractivity contribution is -0.348. The number of alkyl halides is 10. The molecule has 0 saturated carbocycles. The number of esters is 1. The van der Waals surface area contributed by atoms with E-state index in [1.807, 2.05) is 5.32 Å². The fraction of sp³-hybridized carbons (Fsp3) is 0.263. The highest BCUT2D eigenvalue weighted by atomic mass is 127. The number of carbonyl (C=O) groups excluding carboxylic acids is 2. The van der Waals surface area contributed by atoms with Crippen LogP contribution >= 0.6 is 30.1 Å². The van der Waals surface area contributed by atoms with Gasteiger partial charge in [-0.3, -0.25) is 4.79 Å². The summed E-state index contributed by atoms with van der Waals surface area (Å²) >= 11 is 1.58. The van der Waals surface area contributed by atoms with Crippen molar-refractivity contribution in [1.29, 1.82) is 0 Å². The highest BCUT2D eigenvalue weighted by Crippen LogP contribution is 2.53. The summed E-state index contributed by atoms with van der Waals surface area (Å²) in [5.41, 5.74) is -11.1. The molecule has 1 N–H and O–H groups in total. The van der Waals surface area contributed by atoms with E-state index in [2.05, 4.69) is 4.74 Å². The van der Waals surface area contributed by atoms with Gasteiger partial charge in [0.2, 0.25) is 0 Å². The van der Waals surface area contributed by atoms with Crippen LogP contribution in [0.2, 0.25) is 0 Å². The minimum absolute atomic E-state index is 0.0593. The summed E-state index contributed by atoms with van der Waals surface area (Å²) in [5, 5.41) is 2.01. The zero-order chi connectivity index (χ0) is 27.0. The van der Waals surface area contributed by atoms with Crippen LogP contribution in [-0.2, 0) is 16.6 Å². The maximum Gasteiger partial charge on any atom is 0.435 e. The molecule has 4 nitrogen and oxygen atoms in total. The van der Waals surface area contributed by atoms with Crippen LogP contribution in [0.4, 0.5) is 49.6 Å². The van der Waals surface area contributed by atoms with Gasteiger partial charge in [-0.2, -0.15) is 39.5 Å². The Morgan fingerprint density at radius 3 is 1.83 bits per heavy atom. The summed E-state index contributed by atoms with van der Waals surface area (Å²) in [6.07, 6.45) is -17.7. The molecular weight excluding hydrogens is 639 g/mol. The van der Waals surface area contributed by atoms with E-state index in [-0.39, 0.29) is 22.6 Å². The van der Waals surface area contributed by atoms with Crippen molar-refractivity contribution in [3.05, 3.63) is 58.7 Å². The van der Waals surface area contributed by atoms with Crippen LogP contribution in [0.3, 0.4) is 0 Å². The van der Waals surface area contributed by atoms with Crippen LogP contribution in [0.25, 0.3) is 0 Å². The van der Waals surface area contributed by atoms with E-state index in [0.717, 1.165) is 13.2 Å². The summed E-state index contributed by atoms with van der Waals surface area (Å²) in [4.78, 5) is 24.5. The summed E-state index contributed by atoms with van der Waals surface area (Å²) in [7, 11) is 1.43. The number of hydrogen-bond acceptors (Lipinski definition) is 4. The monoisotopic (exact) mass is 649 g/mol. The van der Waals surface area contributed by atoms with Crippen molar-refractivity contribution in [1.82, 2.24) is 0 Å². The highest BCUT2D eigenvalue weighted by Gasteiger charge is 2.73. The molecule has 0 spiro atoms. The number of halogens is 11. The predicted octanol–water partition coefficient (Wildman–Crippen LogP) is 7.48. The molecule has 0 bridgehead atoms. The topological polar surface area (TPSA) is 55.4 Å². The molecule has 1 amide bonds. The van der Waals surface area contributed by atoms with Crippen molar-refractivity contribution in [2.45, 2.75) is 29.1 Å². The minimum atomic E-state index is -6.46. The number of methoxy groups -OCH3 is 1. The van der Waals surface area contributed by atoms with Gasteiger partial charge in [-0.1, -0.05) is 15.0 Å². The maximum atomic E-state index is 14.4. The Hall–Kier alpha value is -2.24. The number of benzene rings is 2. The van der Waals surface area contributed by atoms with Crippen molar-refractivity contribution in [2.24, 2.45) is 0 Å². The first kappa shape index (κ1) is 29.0. The van der Waals surface area contributed by atoms with Crippen molar-refractivity contribution in [3.63, 3.8) is 0 Å². The molecule has 192 valence electrons. The number of nitrogens with one attached hydrogen (secondary N) is 1. The van der Waals surface area contributed by atoms with Gasteiger partial charge in [0.15, 0.2) is 0 Å². The van der Waals surface area contributed by atoms with Crippen LogP contribution < -0.4 is 5.32 Å². The second-order valence-electron chi connectivity index (χ2n) is 6.65. The molecule has 0 fully saturated rings. The number of hydrogen-bond donors (Lipinski definition) is 1. The third-order valence-electron chi connectivity index (χ3n) is 4.49. The summed E-state index contributed by atoms with van der Waals surface area (Å²) in [5.74, 6) is -2.68. The maximum absolute atomic E-state index is 14.4. The summed E-state index contributed by atoms with van der Waals surface area (Å²) in [6.45, 7) is 0. The quantitative estimate of drug-likeness (QED) is 0.208. The van der Waals surface area contributed by atoms with Gasteiger partial charge in [0.1, 0.15) is 0 Å². The van der Waals surface area contributed by atoms with Gasteiger partial charge < -0.3 is 10.1 Å². The van der Waals surface area contributed by atoms with Gasteiger partial charge in [0.25, 0.3) is 5.91 Å². The average Bonchev–Trinajstić information content (AvgIpc) is 2.75. The van der Waals surface area contributed by atoms with E-state index in [9.17, 15) is 53.5 Å². The molecular formula is C19H10F10INO3S. The molecule has 0 atom stereocenters. The molecule has 2 aromatic carbocycles. The van der Waals surface area contributed by atoms with Crippen LogP contribution in [-0.4, -0.2) is 31.3 Å². The van der Waals surface area contributed by atoms with Crippen LogP contribution in [0, 0.1) is 0 Å². The lowest BCUT2D eigenvalue weighted by atomic mass is 9.92. The molecule has 2 rings (SSSR count). The number of anilines is 1. The summed E-state index contributed by atoms with van der Waals surface area (Å²) in [6, 6.07) is 2.38. The normalized spacial score (nSPS) is 12.9. The first-order chi connectivity index (χ1) is 15.9. The standard InChI is InChI=1S/C19H10F10INO3S/c1-34-15(33)11-6-8(16(20,18(24,25)26)19(27,28)29)3-5-12(11)31-14(32)10-4-2-9(17(21,22)23)7-13(10)35-30/h2-7H,1H3,(H,31,32). The van der Waals surface area contributed by atoms with Gasteiger partial charge in [-0.15, -0.1) is 0 Å². The molecule has 0 heterocycles. The SMILES string of the molecule is COC(=O)c1cc(C(F)(C(F)(F)F)C(F)(F)F)ccc1NC(=O)c1ccc(C(F)(F)F)cc1SI. The Morgan fingerprint density at radius 2 is 1.37 bits per heavy atom. The van der Waals surface area contributed by atoms with E-state index in [4.69, 9.17) is 0 Å². The van der Waals surface area contributed by atoms with E-state index in [1.54, 1.807) is 21.2 Å². The Kier molecular flexibility index (Phi) is 8.30. The number of carbonyl (C=O) groups is 2. The number of rotatable bonds is 5. The Balaban J connectivity index is 2.59. The number of ether oxygens (including phenoxy) is 1. The Bertz CT molecular complexity index is 1120. The largest absolute Gasteiger partial charge is 0.465 e. The minimum Gasteiger partial charge on any atom is -0.465 e. The fourth-order valence-electron chi connectivity index (χ4n) is 2.77. The highest BCUT2D eigenvalue weighted by molar-refractivity contribution is 14.2. The van der Waals surface area contributed by atoms with Gasteiger partial charge in [0, 0.05) is 31.7 Å².